The molecule has 0 aromatic carbocycles. The van der Waals surface area contributed by atoms with E-state index in [-0.39, 0.29) is 12.1 Å². The summed E-state index contributed by atoms with van der Waals surface area (Å²) in [6, 6.07) is 0.883. The highest BCUT2D eigenvalue weighted by atomic mass is 16.5. The second-order valence-corrected chi connectivity index (χ2v) is 6.93. The number of amides is 2. The van der Waals surface area contributed by atoms with Crippen molar-refractivity contribution in [2.45, 2.75) is 51.2 Å². The van der Waals surface area contributed by atoms with Crippen molar-refractivity contribution >= 4 is 6.03 Å². The van der Waals surface area contributed by atoms with Crippen molar-refractivity contribution in [2.75, 3.05) is 32.8 Å². The Morgan fingerprint density at radius 2 is 2.38 bits per heavy atom. The van der Waals surface area contributed by atoms with E-state index in [9.17, 15) is 4.79 Å². The van der Waals surface area contributed by atoms with Crippen LogP contribution in [0.15, 0.2) is 12.4 Å². The fraction of sp³-hybridized carbons (Fsp3) is 0.765. The number of ether oxygens (including phenoxy) is 1. The van der Waals surface area contributed by atoms with E-state index in [1.807, 2.05) is 17.3 Å². The van der Waals surface area contributed by atoms with Gasteiger partial charge in [-0.25, -0.2) is 4.79 Å². The molecule has 3 heterocycles. The molecule has 24 heavy (non-hydrogen) atoms. The summed E-state index contributed by atoms with van der Waals surface area (Å²) in [5, 5.41) is 10.0. The summed E-state index contributed by atoms with van der Waals surface area (Å²) in [6.07, 6.45) is 6.95. The number of piperidine rings is 1. The maximum atomic E-state index is 12.7. The Balaban J connectivity index is 1.55. The molecule has 0 aliphatic carbocycles. The van der Waals surface area contributed by atoms with Crippen molar-refractivity contribution in [3.8, 4) is 0 Å². The molecule has 2 amide bonds. The van der Waals surface area contributed by atoms with Gasteiger partial charge in [-0.1, -0.05) is 0 Å². The predicted octanol–water partition coefficient (Wildman–Crippen LogP) is 1.76. The van der Waals surface area contributed by atoms with Crippen LogP contribution in [0.4, 0.5) is 4.79 Å². The summed E-state index contributed by atoms with van der Waals surface area (Å²) in [5.74, 6) is 0. The lowest BCUT2D eigenvalue weighted by molar-refractivity contribution is -0.0179. The predicted molar refractivity (Wildman–Crippen MR) is 91.7 cm³/mol. The summed E-state index contributed by atoms with van der Waals surface area (Å²) in [6.45, 7) is 8.30. The van der Waals surface area contributed by atoms with Crippen molar-refractivity contribution in [3.63, 3.8) is 0 Å². The summed E-state index contributed by atoms with van der Waals surface area (Å²) in [5.41, 5.74) is 1.10. The lowest BCUT2D eigenvalue weighted by Gasteiger charge is -2.39. The topological polar surface area (TPSA) is 73.5 Å². The minimum Gasteiger partial charge on any atom is -0.379 e. The molecule has 3 atom stereocenters. The average molecular weight is 335 g/mol. The third kappa shape index (κ3) is 3.89. The van der Waals surface area contributed by atoms with E-state index in [0.717, 1.165) is 51.1 Å². The number of nitrogens with one attached hydrogen (secondary N) is 2. The van der Waals surface area contributed by atoms with Gasteiger partial charge in [0.1, 0.15) is 0 Å². The molecule has 1 aromatic rings. The summed E-state index contributed by atoms with van der Waals surface area (Å²) >= 11 is 0. The van der Waals surface area contributed by atoms with Crippen molar-refractivity contribution in [3.05, 3.63) is 18.0 Å². The number of morpholine rings is 1. The third-order valence-corrected chi connectivity index (χ3v) is 5.20. The zero-order valence-corrected chi connectivity index (χ0v) is 14.7. The standard InChI is InChI=1S/C17H29N5O2/c1-13(21-7-8-24-12-14(21)2)9-18-17(23)22-6-4-3-5-16(22)15-10-19-20-11-15/h10-11,13-14,16H,3-9,12H2,1-2H3,(H,18,23)(H,19,20)/t13-,14-,16-/m1/s1. The molecule has 1 aromatic heterocycles. The molecule has 134 valence electrons. The number of aromatic nitrogens is 2. The maximum absolute atomic E-state index is 12.7. The second-order valence-electron chi connectivity index (χ2n) is 6.93. The number of carbonyl (C=O) groups is 1. The van der Waals surface area contributed by atoms with Crippen LogP contribution in [-0.2, 0) is 4.74 Å². The highest BCUT2D eigenvalue weighted by molar-refractivity contribution is 5.74. The number of aromatic amines is 1. The van der Waals surface area contributed by atoms with Gasteiger partial charge in [-0.05, 0) is 33.1 Å². The Morgan fingerprint density at radius 3 is 3.12 bits per heavy atom. The first-order valence-corrected chi connectivity index (χ1v) is 9.03. The van der Waals surface area contributed by atoms with Gasteiger partial charge in [0.25, 0.3) is 0 Å². The molecule has 2 fully saturated rings. The van der Waals surface area contributed by atoms with Crippen molar-refractivity contribution in [2.24, 2.45) is 0 Å². The molecular weight excluding hydrogens is 306 g/mol. The molecule has 0 bridgehead atoms. The molecule has 0 saturated carbocycles. The SMILES string of the molecule is C[C@H](CNC(=O)N1CCCC[C@@H]1c1cn[nH]c1)N1CCOC[C@H]1C. The Labute approximate surface area is 143 Å². The molecule has 3 rings (SSSR count). The van der Waals surface area contributed by atoms with Crippen LogP contribution in [0.5, 0.6) is 0 Å². The zero-order valence-electron chi connectivity index (χ0n) is 14.7. The first-order valence-electron chi connectivity index (χ1n) is 9.03. The van der Waals surface area contributed by atoms with Crippen LogP contribution < -0.4 is 5.32 Å². The van der Waals surface area contributed by atoms with Crippen LogP contribution in [0.2, 0.25) is 0 Å². The quantitative estimate of drug-likeness (QED) is 0.879. The van der Waals surface area contributed by atoms with E-state index in [1.54, 1.807) is 0 Å². The fourth-order valence-corrected chi connectivity index (χ4v) is 3.81. The highest BCUT2D eigenvalue weighted by Gasteiger charge is 2.29. The van der Waals surface area contributed by atoms with Crippen LogP contribution >= 0.6 is 0 Å². The highest BCUT2D eigenvalue weighted by Crippen LogP contribution is 2.30. The monoisotopic (exact) mass is 335 g/mol. The molecule has 2 N–H and O–H groups in total. The molecule has 0 radical (unpaired) electrons. The zero-order chi connectivity index (χ0) is 16.9. The van der Waals surface area contributed by atoms with Crippen LogP contribution in [-0.4, -0.2) is 71.0 Å². The van der Waals surface area contributed by atoms with Gasteiger partial charge in [0.15, 0.2) is 0 Å². The molecule has 2 aliphatic heterocycles. The van der Waals surface area contributed by atoms with E-state index in [4.69, 9.17) is 4.74 Å². The van der Waals surface area contributed by atoms with Gasteiger partial charge in [-0.2, -0.15) is 5.10 Å². The number of H-pyrrole nitrogens is 1. The first-order chi connectivity index (χ1) is 11.7. The first kappa shape index (κ1) is 17.2. The molecule has 7 nitrogen and oxygen atoms in total. The third-order valence-electron chi connectivity index (χ3n) is 5.20. The Morgan fingerprint density at radius 1 is 1.50 bits per heavy atom. The van der Waals surface area contributed by atoms with Gasteiger partial charge in [-0.15, -0.1) is 0 Å². The lowest BCUT2D eigenvalue weighted by Crippen LogP contribution is -2.53. The van der Waals surface area contributed by atoms with Gasteiger partial charge in [0.05, 0.1) is 25.5 Å². The van der Waals surface area contributed by atoms with Gasteiger partial charge in [0.2, 0.25) is 0 Å². The Hall–Kier alpha value is -1.60. The van der Waals surface area contributed by atoms with Crippen LogP contribution in [0, 0.1) is 0 Å². The van der Waals surface area contributed by atoms with Crippen LogP contribution in [0.1, 0.15) is 44.7 Å². The normalized spacial score (nSPS) is 27.0. The number of rotatable bonds is 4. The number of nitrogens with zero attached hydrogens (tertiary/aromatic N) is 3. The van der Waals surface area contributed by atoms with E-state index in [2.05, 4.69) is 34.3 Å². The molecule has 2 saturated heterocycles. The Kier molecular flexibility index (Phi) is 5.73. The molecule has 7 heteroatoms. The average Bonchev–Trinajstić information content (AvgIpc) is 3.14. The van der Waals surface area contributed by atoms with E-state index >= 15 is 0 Å². The number of hydrogen-bond donors (Lipinski definition) is 2. The summed E-state index contributed by atoms with van der Waals surface area (Å²) in [7, 11) is 0. The number of carbonyl (C=O) groups excluding carboxylic acids is 1. The van der Waals surface area contributed by atoms with E-state index in [0.29, 0.717) is 18.6 Å². The number of likely N-dealkylation sites (tertiary alicyclic amines) is 1. The summed E-state index contributed by atoms with van der Waals surface area (Å²) < 4.78 is 5.49. The van der Waals surface area contributed by atoms with E-state index in [1.165, 1.54) is 0 Å². The largest absolute Gasteiger partial charge is 0.379 e. The van der Waals surface area contributed by atoms with Gasteiger partial charge in [-0.3, -0.25) is 10.00 Å². The van der Waals surface area contributed by atoms with Crippen LogP contribution in [0.3, 0.4) is 0 Å². The van der Waals surface area contributed by atoms with Gasteiger partial charge in [0, 0.05) is 43.5 Å². The fourth-order valence-electron chi connectivity index (χ4n) is 3.81. The molecular formula is C17H29N5O2. The van der Waals surface area contributed by atoms with Crippen molar-refractivity contribution < 1.29 is 9.53 Å². The van der Waals surface area contributed by atoms with Gasteiger partial charge < -0.3 is 15.0 Å². The number of hydrogen-bond acceptors (Lipinski definition) is 4. The lowest BCUT2D eigenvalue weighted by atomic mass is 9.98. The van der Waals surface area contributed by atoms with E-state index < -0.39 is 0 Å². The second kappa shape index (κ2) is 7.98. The smallest absolute Gasteiger partial charge is 0.317 e. The Bertz CT molecular complexity index is 521. The minimum absolute atomic E-state index is 0.0358. The van der Waals surface area contributed by atoms with Crippen molar-refractivity contribution in [1.29, 1.82) is 0 Å². The molecule has 0 spiro atoms. The molecule has 2 aliphatic rings. The minimum atomic E-state index is 0.0358. The summed E-state index contributed by atoms with van der Waals surface area (Å²) in [4.78, 5) is 17.1. The molecule has 0 unspecified atom stereocenters. The van der Waals surface area contributed by atoms with Crippen LogP contribution in [0.25, 0.3) is 0 Å². The van der Waals surface area contributed by atoms with Crippen molar-refractivity contribution in [1.82, 2.24) is 25.3 Å². The number of urea groups is 1. The van der Waals surface area contributed by atoms with Gasteiger partial charge >= 0.3 is 6.03 Å². The maximum Gasteiger partial charge on any atom is 0.317 e.